The Morgan fingerprint density at radius 3 is 1.74 bits per heavy atom. The molecule has 2 aromatic heterocycles. The predicted octanol–water partition coefficient (Wildman–Crippen LogP) is 9.55. The van der Waals surface area contributed by atoms with E-state index in [2.05, 4.69) is 146 Å². The van der Waals surface area contributed by atoms with E-state index >= 15 is 0 Å². The summed E-state index contributed by atoms with van der Waals surface area (Å²) in [4.78, 5) is 16.9. The molecule has 0 amide bonds. The zero-order chi connectivity index (χ0) is 32.5. The number of benzene rings is 3. The molecule has 2 aliphatic heterocycles. The van der Waals surface area contributed by atoms with E-state index in [4.69, 9.17) is 0 Å². The number of para-hydroxylation sites is 1. The number of anilines is 2. The maximum absolute atomic E-state index is 4.45. The largest absolute Gasteiger partial charge is 4.00 e. The minimum Gasteiger partial charge on any atom is -0.656 e. The molecule has 0 atom stereocenters. The summed E-state index contributed by atoms with van der Waals surface area (Å²) >= 11 is 0. The Morgan fingerprint density at radius 1 is 0.681 bits per heavy atom. The van der Waals surface area contributed by atoms with Crippen molar-refractivity contribution in [2.45, 2.75) is 59.3 Å². The third-order valence-electron chi connectivity index (χ3n) is 8.59. The Labute approximate surface area is 295 Å². The summed E-state index contributed by atoms with van der Waals surface area (Å²) < 4.78 is 0. The molecule has 3 aromatic carbocycles. The number of fused-ring (bicyclic) bond motifs is 3. The van der Waals surface area contributed by atoms with Gasteiger partial charge in [0.1, 0.15) is 0 Å². The van der Waals surface area contributed by atoms with Gasteiger partial charge in [-0.2, -0.15) is 13.3 Å². The molecule has 7 rings (SSSR count). The van der Waals surface area contributed by atoms with E-state index in [1.165, 1.54) is 38.6 Å². The predicted molar refractivity (Wildman–Crippen MR) is 193 cm³/mol. The van der Waals surface area contributed by atoms with Crippen molar-refractivity contribution in [3.05, 3.63) is 128 Å². The fourth-order valence-electron chi connectivity index (χ4n) is 6.07. The smallest absolute Gasteiger partial charge is 0.656 e. The fourth-order valence-corrected chi connectivity index (χ4v) is 6.07. The van der Waals surface area contributed by atoms with Crippen LogP contribution in [0.1, 0.15) is 76.0 Å². The molecule has 0 saturated heterocycles. The maximum atomic E-state index is 4.45. The molecule has 0 bridgehead atoms. The van der Waals surface area contributed by atoms with Gasteiger partial charge in [0.25, 0.3) is 0 Å². The van der Waals surface area contributed by atoms with Crippen LogP contribution in [0.15, 0.2) is 91.8 Å². The first kappa shape index (κ1) is 34.3. The Hall–Kier alpha value is -4.02. The van der Waals surface area contributed by atoms with E-state index in [0.29, 0.717) is 17.8 Å². The van der Waals surface area contributed by atoms with E-state index in [0.717, 1.165) is 22.4 Å². The number of aromatic nitrogens is 2. The Bertz CT molecular complexity index is 1780. The molecule has 0 unspecified atom stereocenters. The second-order valence-corrected chi connectivity index (χ2v) is 13.2. The second kappa shape index (κ2) is 14.4. The number of rotatable bonds is 6. The van der Waals surface area contributed by atoms with Gasteiger partial charge in [0.2, 0.25) is 0 Å². The van der Waals surface area contributed by atoms with Crippen LogP contribution in [0.25, 0.3) is 32.9 Å². The number of hydrogen-bond donors (Lipinski definition) is 0. The Balaban J connectivity index is 0.000000256. The van der Waals surface area contributed by atoms with Crippen LogP contribution in [0.5, 0.6) is 0 Å². The summed E-state index contributed by atoms with van der Waals surface area (Å²) in [5, 5.41) is 2.39. The van der Waals surface area contributed by atoms with E-state index in [1.54, 1.807) is 12.4 Å². The van der Waals surface area contributed by atoms with Crippen LogP contribution in [0, 0.1) is 19.4 Å². The van der Waals surface area contributed by atoms with E-state index in [9.17, 15) is 0 Å². The van der Waals surface area contributed by atoms with Crippen molar-refractivity contribution in [2.75, 3.05) is 23.9 Å². The third kappa shape index (κ3) is 7.28. The van der Waals surface area contributed by atoms with Crippen molar-refractivity contribution in [1.82, 2.24) is 19.8 Å². The molecule has 0 saturated carbocycles. The van der Waals surface area contributed by atoms with Crippen LogP contribution >= 0.6 is 0 Å². The molecule has 47 heavy (non-hydrogen) atoms. The number of hydrogen-bond acceptors (Lipinski definition) is 5. The van der Waals surface area contributed by atoms with Crippen LogP contribution in [0.2, 0.25) is 0 Å². The summed E-state index contributed by atoms with van der Waals surface area (Å²) in [7, 11) is 4.09. The zero-order valence-electron chi connectivity index (χ0n) is 28.5. The molecule has 244 valence electrons. The SMILES string of the molecule is CC(C)c1cc(C(C)C)c(-c2cc(N3C=CN(C)[CH-]3)[c-]c(N3C=CN(C)[CH-]3)c2)c(C(C)C)c1.[Pt+4].c1ccc2c(c1)[n-]c1cnccc12. The molecule has 2 aliphatic rings. The summed E-state index contributed by atoms with van der Waals surface area (Å²) in [6.45, 7) is 18.0. The average molecular weight is 804 g/mol. The molecule has 4 heterocycles. The van der Waals surface area contributed by atoms with Gasteiger partial charge in [-0.3, -0.25) is 4.98 Å². The first-order valence-electron chi connectivity index (χ1n) is 16.2. The van der Waals surface area contributed by atoms with Gasteiger partial charge in [0.15, 0.2) is 0 Å². The molecule has 0 radical (unpaired) electrons. The molecule has 0 aliphatic carbocycles. The summed E-state index contributed by atoms with van der Waals surface area (Å²) in [6.07, 6.45) is 11.9. The zero-order valence-corrected chi connectivity index (χ0v) is 30.8. The minimum atomic E-state index is 0. The topological polar surface area (TPSA) is 40.0 Å². The Morgan fingerprint density at radius 2 is 1.23 bits per heavy atom. The van der Waals surface area contributed by atoms with Crippen molar-refractivity contribution >= 4 is 33.2 Å². The van der Waals surface area contributed by atoms with E-state index in [-0.39, 0.29) is 21.1 Å². The van der Waals surface area contributed by atoms with Gasteiger partial charge in [-0.25, -0.2) is 0 Å². The van der Waals surface area contributed by atoms with Crippen molar-refractivity contribution in [2.24, 2.45) is 0 Å². The van der Waals surface area contributed by atoms with Crippen LogP contribution < -0.4 is 14.8 Å². The minimum absolute atomic E-state index is 0. The molecular formula is C40H44N6Pt. The molecule has 6 nitrogen and oxygen atoms in total. The van der Waals surface area contributed by atoms with Gasteiger partial charge >= 0.3 is 21.1 Å². The maximum Gasteiger partial charge on any atom is 4.00 e. The van der Waals surface area contributed by atoms with Gasteiger partial charge in [-0.1, -0.05) is 77.9 Å². The summed E-state index contributed by atoms with van der Waals surface area (Å²) in [5.41, 5.74) is 11.0. The van der Waals surface area contributed by atoms with Crippen molar-refractivity contribution in [1.29, 1.82) is 0 Å². The molecule has 5 aromatic rings. The molecule has 0 spiro atoms. The second-order valence-electron chi connectivity index (χ2n) is 13.2. The van der Waals surface area contributed by atoms with Crippen LogP contribution in [-0.4, -0.2) is 28.9 Å². The van der Waals surface area contributed by atoms with Crippen molar-refractivity contribution in [3.8, 4) is 11.1 Å². The Kier molecular flexibility index (Phi) is 10.5. The molecular weight excluding hydrogens is 760 g/mol. The summed E-state index contributed by atoms with van der Waals surface area (Å²) in [5.74, 6) is 1.37. The normalized spacial score (nSPS) is 14.3. The first-order valence-corrected chi connectivity index (χ1v) is 16.2. The van der Waals surface area contributed by atoms with Gasteiger partial charge in [-0.15, -0.1) is 46.2 Å². The van der Waals surface area contributed by atoms with Gasteiger partial charge in [-0.05, 0) is 95.7 Å². The molecule has 0 fully saturated rings. The van der Waals surface area contributed by atoms with E-state index < -0.39 is 0 Å². The molecule has 0 N–H and O–H groups in total. The quantitative estimate of drug-likeness (QED) is 0.160. The first-order chi connectivity index (χ1) is 22.1. The monoisotopic (exact) mass is 803 g/mol. The average Bonchev–Trinajstić information content (AvgIpc) is 3.78. The van der Waals surface area contributed by atoms with Crippen LogP contribution in [0.3, 0.4) is 0 Å². The van der Waals surface area contributed by atoms with Crippen molar-refractivity contribution in [3.63, 3.8) is 0 Å². The van der Waals surface area contributed by atoms with Gasteiger partial charge in [0, 0.05) is 12.4 Å². The fraction of sp³-hybridized carbons (Fsp3) is 0.275. The third-order valence-corrected chi connectivity index (χ3v) is 8.59. The van der Waals surface area contributed by atoms with Crippen LogP contribution in [0.4, 0.5) is 11.4 Å². The van der Waals surface area contributed by atoms with Gasteiger partial charge < -0.3 is 24.6 Å². The van der Waals surface area contributed by atoms with Crippen LogP contribution in [-0.2, 0) is 21.1 Å². The van der Waals surface area contributed by atoms with Gasteiger partial charge in [0.05, 0.1) is 0 Å². The van der Waals surface area contributed by atoms with E-state index in [1.807, 2.05) is 38.4 Å². The standard InChI is InChI=1S/C29H37N4.C11H7N2.Pt/c1-20(2)23-15-27(21(3)4)29(28(16-23)22(5)6)24-13-25(32-11-9-30(7)18-32)17-26(14-24)33-12-10-31(8)19-33;1-2-4-10-8(3-1)9-5-6-12-7-11(9)13-10;/h9-16,18-22H,1-8H3;1-7H;/q-3;-1;+4. The molecule has 7 heteroatoms. The number of nitrogens with zero attached hydrogens (tertiary/aromatic N) is 6. The number of pyridine rings is 1. The summed E-state index contributed by atoms with van der Waals surface area (Å²) in [6, 6.07) is 23.2. The van der Waals surface area contributed by atoms with Crippen molar-refractivity contribution < 1.29 is 21.1 Å².